The maximum atomic E-state index is 13.3. The molecule has 6 rings (SSSR count). The molecule has 4 amide bonds. The van der Waals surface area contributed by atoms with Crippen LogP contribution < -0.4 is 27.4 Å². The number of guanidine groups is 2. The van der Waals surface area contributed by atoms with Gasteiger partial charge in [-0.15, -0.1) is 0 Å². The fraction of sp³-hybridized carbons (Fsp3) is 0.500. The summed E-state index contributed by atoms with van der Waals surface area (Å²) in [6.45, 7) is 0.334. The topological polar surface area (TPSA) is 214 Å². The van der Waals surface area contributed by atoms with Gasteiger partial charge in [0.05, 0.1) is 23.8 Å². The Morgan fingerprint density at radius 2 is 2.05 bits per heavy atom. The van der Waals surface area contributed by atoms with Crippen LogP contribution in [0, 0.1) is 0 Å². The van der Waals surface area contributed by atoms with E-state index in [2.05, 4.69) is 25.9 Å². The van der Waals surface area contributed by atoms with E-state index in [9.17, 15) is 24.6 Å². The largest absolute Gasteiger partial charge is 0.384 e. The summed E-state index contributed by atoms with van der Waals surface area (Å²) in [4.78, 5) is 50.7. The Bertz CT molecular complexity index is 1280. The number of imide groups is 1. The monoisotopic (exact) mass is 512 g/mol. The van der Waals surface area contributed by atoms with Gasteiger partial charge in [0.15, 0.2) is 17.6 Å². The summed E-state index contributed by atoms with van der Waals surface area (Å²) >= 11 is 0. The van der Waals surface area contributed by atoms with Crippen molar-refractivity contribution in [1.82, 2.24) is 25.3 Å². The highest BCUT2D eigenvalue weighted by atomic mass is 16.5. The number of nitrogens with zero attached hydrogens (tertiary/aromatic N) is 5. The van der Waals surface area contributed by atoms with E-state index in [4.69, 9.17) is 11.5 Å². The zero-order valence-electron chi connectivity index (χ0n) is 20.0. The number of anilines is 1. The molecule has 5 heterocycles. The molecule has 1 aromatic carbocycles. The number of carbonyl (C=O) groups excluding carboxylic acids is 3. The molecule has 2 fully saturated rings. The molecule has 37 heavy (non-hydrogen) atoms. The number of aliphatic hydroxyl groups is 2. The maximum absolute atomic E-state index is 13.3. The molecule has 1 aromatic rings. The van der Waals surface area contributed by atoms with Gasteiger partial charge >= 0.3 is 6.03 Å². The third-order valence-electron chi connectivity index (χ3n) is 7.80. The number of para-hydroxylation sites is 1. The van der Waals surface area contributed by atoms with Crippen molar-refractivity contribution in [2.24, 2.45) is 21.5 Å². The number of benzene rings is 1. The molecule has 9 N–H and O–H groups in total. The minimum atomic E-state index is -2.63. The molecule has 0 saturated carbocycles. The van der Waals surface area contributed by atoms with Crippen molar-refractivity contribution in [2.75, 3.05) is 38.5 Å². The lowest BCUT2D eigenvalue weighted by Gasteiger charge is -2.49. The number of rotatable bonds is 4. The molecule has 196 valence electrons. The minimum Gasteiger partial charge on any atom is -0.384 e. The number of hydrogen-bond donors (Lipinski definition) is 7. The van der Waals surface area contributed by atoms with Crippen LogP contribution in [0.5, 0.6) is 0 Å². The standard InChI is InChI=1S/C22H28N10O5/c1-30-9-14(33)31(20(30)35)7-12-16-21(29-18(23)28-16)22(36,37)13(8-32(21)19(24)26-12)27-17(34)11-4-2-3-10-5-6-25-15(10)11/h2-4,12-13,16,25,36-37H,5-9H2,1H3,(H2,24,26)(H,27,34)(H3,23,28,29)/t12-,13-,16-,21-/m0/s1. The lowest BCUT2D eigenvalue weighted by molar-refractivity contribution is -0.230. The third-order valence-corrected chi connectivity index (χ3v) is 7.80. The van der Waals surface area contributed by atoms with E-state index in [0.717, 1.165) is 16.9 Å². The van der Waals surface area contributed by atoms with E-state index in [1.165, 1.54) is 16.8 Å². The van der Waals surface area contributed by atoms with Crippen LogP contribution in [0.1, 0.15) is 15.9 Å². The number of likely N-dealkylation sites (N-methyl/N-ethyl adjacent to an activating group) is 1. The van der Waals surface area contributed by atoms with Gasteiger partial charge in [0.25, 0.3) is 5.91 Å². The first-order valence-corrected chi connectivity index (χ1v) is 11.9. The Morgan fingerprint density at radius 1 is 1.27 bits per heavy atom. The van der Waals surface area contributed by atoms with E-state index >= 15 is 0 Å². The van der Waals surface area contributed by atoms with Crippen LogP contribution in [0.2, 0.25) is 0 Å². The van der Waals surface area contributed by atoms with Crippen molar-refractivity contribution in [3.63, 3.8) is 0 Å². The number of fused-ring (bicyclic) bond motifs is 1. The molecule has 0 aromatic heterocycles. The molecular formula is C22H28N10O5. The number of urea groups is 1. The quantitative estimate of drug-likeness (QED) is 0.155. The van der Waals surface area contributed by atoms with Crippen molar-refractivity contribution < 1.29 is 24.6 Å². The van der Waals surface area contributed by atoms with Gasteiger partial charge in [-0.05, 0) is 18.1 Å². The first-order chi connectivity index (χ1) is 17.5. The lowest BCUT2D eigenvalue weighted by Crippen LogP contribution is -2.78. The fourth-order valence-electron chi connectivity index (χ4n) is 6.04. The zero-order valence-corrected chi connectivity index (χ0v) is 20.0. The van der Waals surface area contributed by atoms with Crippen molar-refractivity contribution >= 4 is 35.5 Å². The van der Waals surface area contributed by atoms with Crippen molar-refractivity contribution in [3.05, 3.63) is 29.3 Å². The van der Waals surface area contributed by atoms with Crippen LogP contribution in [0.4, 0.5) is 10.5 Å². The number of amides is 4. The summed E-state index contributed by atoms with van der Waals surface area (Å²) in [5, 5.41) is 32.0. The first-order valence-electron chi connectivity index (χ1n) is 11.9. The molecule has 4 atom stereocenters. The summed E-state index contributed by atoms with van der Waals surface area (Å²) in [5.74, 6) is -3.70. The Kier molecular flexibility index (Phi) is 4.84. The molecule has 1 spiro atoms. The van der Waals surface area contributed by atoms with E-state index in [1.807, 2.05) is 6.07 Å². The van der Waals surface area contributed by atoms with E-state index in [1.54, 1.807) is 12.1 Å². The second-order valence-electron chi connectivity index (χ2n) is 9.93. The molecule has 0 aliphatic carbocycles. The van der Waals surface area contributed by atoms with Gasteiger partial charge in [-0.25, -0.2) is 14.8 Å². The predicted molar refractivity (Wildman–Crippen MR) is 130 cm³/mol. The van der Waals surface area contributed by atoms with Crippen molar-refractivity contribution in [1.29, 1.82) is 0 Å². The van der Waals surface area contributed by atoms with E-state index < -0.39 is 47.4 Å². The molecule has 2 saturated heterocycles. The van der Waals surface area contributed by atoms with Gasteiger partial charge in [-0.1, -0.05) is 12.1 Å². The summed E-state index contributed by atoms with van der Waals surface area (Å²) in [5.41, 5.74) is 12.6. The van der Waals surface area contributed by atoms with E-state index in [-0.39, 0.29) is 31.6 Å². The highest BCUT2D eigenvalue weighted by Gasteiger charge is 2.73. The maximum Gasteiger partial charge on any atom is 0.327 e. The second kappa shape index (κ2) is 7.69. The Hall–Kier alpha value is -4.11. The molecule has 5 aliphatic rings. The van der Waals surface area contributed by atoms with Crippen LogP contribution in [0.25, 0.3) is 0 Å². The molecule has 0 radical (unpaired) electrons. The SMILES string of the molecule is CN1CC(=O)N(C[C@@H]2N=C(N)N3C[C@H](NC(=O)c4cccc5c4NCC5)C(O)(O)[C@@]34NC(N)=N[C@@H]24)C1=O. The van der Waals surface area contributed by atoms with Crippen LogP contribution in [-0.2, 0) is 11.2 Å². The molecule has 15 nitrogen and oxygen atoms in total. The van der Waals surface area contributed by atoms with Crippen LogP contribution >= 0.6 is 0 Å². The number of nitrogens with one attached hydrogen (secondary N) is 3. The van der Waals surface area contributed by atoms with Gasteiger partial charge in [-0.3, -0.25) is 14.5 Å². The molecule has 0 unspecified atom stereocenters. The summed E-state index contributed by atoms with van der Waals surface area (Å²) < 4.78 is 0. The number of aliphatic imine (C=N–C) groups is 2. The van der Waals surface area contributed by atoms with Gasteiger partial charge in [-0.2, -0.15) is 0 Å². The summed E-state index contributed by atoms with van der Waals surface area (Å²) in [6, 6.07) is 1.69. The van der Waals surface area contributed by atoms with Gasteiger partial charge in [0, 0.05) is 20.1 Å². The van der Waals surface area contributed by atoms with Crippen LogP contribution in [-0.4, -0.2) is 117 Å². The van der Waals surface area contributed by atoms with Gasteiger partial charge in [0.1, 0.15) is 18.6 Å². The van der Waals surface area contributed by atoms with Gasteiger partial charge in [0.2, 0.25) is 11.7 Å². The average Bonchev–Trinajstić information content (AvgIpc) is 3.57. The Morgan fingerprint density at radius 3 is 2.78 bits per heavy atom. The van der Waals surface area contributed by atoms with Crippen LogP contribution in [0.15, 0.2) is 28.2 Å². The van der Waals surface area contributed by atoms with E-state index in [0.29, 0.717) is 17.8 Å². The highest BCUT2D eigenvalue weighted by molar-refractivity contribution is 6.02. The summed E-state index contributed by atoms with van der Waals surface area (Å²) in [7, 11) is 1.50. The number of carbonyl (C=O) groups is 3. The average molecular weight is 513 g/mol. The Labute approximate surface area is 211 Å². The zero-order chi connectivity index (χ0) is 26.3. The lowest BCUT2D eigenvalue weighted by atomic mass is 9.84. The van der Waals surface area contributed by atoms with Crippen molar-refractivity contribution in [2.45, 2.75) is 36.0 Å². The summed E-state index contributed by atoms with van der Waals surface area (Å²) in [6.07, 6.45) is 0.787. The molecular weight excluding hydrogens is 484 g/mol. The van der Waals surface area contributed by atoms with Gasteiger partial charge < -0.3 is 47.4 Å². The van der Waals surface area contributed by atoms with Crippen molar-refractivity contribution in [3.8, 4) is 0 Å². The Balaban J connectivity index is 1.31. The fourth-order valence-corrected chi connectivity index (χ4v) is 6.04. The van der Waals surface area contributed by atoms with Crippen LogP contribution in [0.3, 0.4) is 0 Å². The predicted octanol–water partition coefficient (Wildman–Crippen LogP) is -3.68. The third kappa shape index (κ3) is 3.10. The number of nitrogens with two attached hydrogens (primary N) is 2. The normalized spacial score (nSPS) is 31.3. The molecule has 15 heteroatoms. The smallest absolute Gasteiger partial charge is 0.327 e. The first kappa shape index (κ1) is 23.3. The highest BCUT2D eigenvalue weighted by Crippen LogP contribution is 2.45. The second-order valence-corrected chi connectivity index (χ2v) is 9.93. The number of hydrogen-bond acceptors (Lipinski definition) is 12. The molecule has 5 aliphatic heterocycles. The molecule has 0 bridgehead atoms. The minimum absolute atomic E-state index is 0.0717.